The number of likely N-dealkylation sites (tertiary alicyclic amines) is 1. The van der Waals surface area contributed by atoms with E-state index in [0.29, 0.717) is 30.9 Å². The molecular formula is C24H30N6O4. The molecule has 10 nitrogen and oxygen atoms in total. The van der Waals surface area contributed by atoms with Crippen molar-refractivity contribution in [1.82, 2.24) is 29.9 Å². The van der Waals surface area contributed by atoms with Crippen LogP contribution in [0.25, 0.3) is 0 Å². The third kappa shape index (κ3) is 4.95. The Kier molecular flexibility index (Phi) is 6.95. The maximum absolute atomic E-state index is 13.3. The molecule has 3 aromatic rings. The van der Waals surface area contributed by atoms with Gasteiger partial charge in [-0.15, -0.1) is 0 Å². The monoisotopic (exact) mass is 466 g/mol. The molecule has 1 aliphatic rings. The highest BCUT2D eigenvalue weighted by molar-refractivity contribution is 5.93. The van der Waals surface area contributed by atoms with Crippen molar-refractivity contribution in [3.8, 4) is 5.75 Å². The summed E-state index contributed by atoms with van der Waals surface area (Å²) in [5.41, 5.74) is 2.26. The number of ether oxygens (including phenoxy) is 1. The van der Waals surface area contributed by atoms with Gasteiger partial charge in [0.15, 0.2) is 5.69 Å². The van der Waals surface area contributed by atoms with E-state index in [1.54, 1.807) is 47.8 Å². The van der Waals surface area contributed by atoms with Crippen LogP contribution < -0.4 is 4.74 Å². The van der Waals surface area contributed by atoms with Crippen LogP contribution in [-0.2, 0) is 13.5 Å². The topological polar surface area (TPSA) is 107 Å². The fourth-order valence-corrected chi connectivity index (χ4v) is 4.58. The van der Waals surface area contributed by atoms with Gasteiger partial charge in [0.2, 0.25) is 0 Å². The first-order valence-corrected chi connectivity index (χ1v) is 11.4. The minimum atomic E-state index is -0.167. The first-order valence-electron chi connectivity index (χ1n) is 11.4. The van der Waals surface area contributed by atoms with Crippen molar-refractivity contribution in [2.45, 2.75) is 32.2 Å². The molecule has 0 N–H and O–H groups in total. The van der Waals surface area contributed by atoms with E-state index in [1.165, 1.54) is 0 Å². The van der Waals surface area contributed by atoms with Crippen LogP contribution in [-0.4, -0.2) is 75.0 Å². The number of nitrogens with zero attached hydrogens (tertiary/aromatic N) is 6. The lowest BCUT2D eigenvalue weighted by atomic mass is 9.84. The molecule has 34 heavy (non-hydrogen) atoms. The van der Waals surface area contributed by atoms with Crippen LogP contribution in [0.4, 0.5) is 0 Å². The number of carbonyl (C=O) groups is 2. The molecule has 0 bridgehead atoms. The van der Waals surface area contributed by atoms with E-state index in [9.17, 15) is 9.59 Å². The number of hydrogen-bond donors (Lipinski definition) is 0. The van der Waals surface area contributed by atoms with Gasteiger partial charge in [0.25, 0.3) is 11.8 Å². The summed E-state index contributed by atoms with van der Waals surface area (Å²) in [5.74, 6) is 0.715. The van der Waals surface area contributed by atoms with Crippen LogP contribution >= 0.6 is 0 Å². The zero-order valence-electron chi connectivity index (χ0n) is 20.0. The largest absolute Gasteiger partial charge is 0.497 e. The molecule has 1 atom stereocenters. The number of methoxy groups -OCH3 is 1. The Hall–Kier alpha value is -3.69. The molecule has 180 valence electrons. The molecular weight excluding hydrogens is 436 g/mol. The van der Waals surface area contributed by atoms with Gasteiger partial charge in [-0.25, -0.2) is 4.63 Å². The summed E-state index contributed by atoms with van der Waals surface area (Å²) in [5, 5.41) is 11.8. The number of piperidine rings is 1. The SMILES string of the molecule is COc1cccc(C[C@H](C2CCN(C(=O)c3nonc3C)CC2)N(C)C(=O)c2ccn(C)n2)c1. The molecule has 2 amide bonds. The van der Waals surface area contributed by atoms with Gasteiger partial charge in [-0.2, -0.15) is 5.10 Å². The molecule has 1 aliphatic heterocycles. The quantitative estimate of drug-likeness (QED) is 0.526. The van der Waals surface area contributed by atoms with Crippen molar-refractivity contribution in [2.75, 3.05) is 27.2 Å². The maximum atomic E-state index is 13.3. The molecule has 2 aromatic heterocycles. The number of benzene rings is 1. The predicted octanol–water partition coefficient (Wildman–Crippen LogP) is 2.36. The number of likely N-dealkylation sites (N-methyl/N-ethyl adjacent to an activating group) is 1. The number of aryl methyl sites for hydroxylation is 2. The van der Waals surface area contributed by atoms with Gasteiger partial charge < -0.3 is 14.5 Å². The van der Waals surface area contributed by atoms with Crippen molar-refractivity contribution in [3.05, 3.63) is 59.2 Å². The van der Waals surface area contributed by atoms with E-state index in [2.05, 4.69) is 15.4 Å². The second kappa shape index (κ2) is 10.1. The zero-order chi connectivity index (χ0) is 24.2. The Bertz CT molecular complexity index is 1150. The van der Waals surface area contributed by atoms with Crippen molar-refractivity contribution < 1.29 is 19.0 Å². The lowest BCUT2D eigenvalue weighted by Crippen LogP contribution is -2.48. The fraction of sp³-hybridized carbons (Fsp3) is 0.458. The van der Waals surface area contributed by atoms with E-state index in [1.807, 2.05) is 31.3 Å². The highest BCUT2D eigenvalue weighted by Crippen LogP contribution is 2.29. The van der Waals surface area contributed by atoms with Crippen LogP contribution in [0.2, 0.25) is 0 Å². The number of hydrogen-bond acceptors (Lipinski definition) is 7. The molecule has 0 saturated carbocycles. The van der Waals surface area contributed by atoms with E-state index in [-0.39, 0.29) is 29.5 Å². The van der Waals surface area contributed by atoms with E-state index in [4.69, 9.17) is 9.37 Å². The Morgan fingerprint density at radius 3 is 2.62 bits per heavy atom. The third-order valence-electron chi connectivity index (χ3n) is 6.56. The molecule has 0 radical (unpaired) electrons. The second-order valence-electron chi connectivity index (χ2n) is 8.74. The number of carbonyl (C=O) groups excluding carboxylic acids is 2. The fourth-order valence-electron chi connectivity index (χ4n) is 4.58. The number of aromatic nitrogens is 4. The van der Waals surface area contributed by atoms with Crippen LogP contribution in [0.15, 0.2) is 41.2 Å². The lowest BCUT2D eigenvalue weighted by molar-refractivity contribution is 0.0513. The summed E-state index contributed by atoms with van der Waals surface area (Å²) in [7, 11) is 5.28. The van der Waals surface area contributed by atoms with Gasteiger partial charge in [-0.3, -0.25) is 14.3 Å². The Morgan fingerprint density at radius 2 is 2.00 bits per heavy atom. The molecule has 10 heteroatoms. The number of amides is 2. The van der Waals surface area contributed by atoms with Crippen LogP contribution in [0, 0.1) is 12.8 Å². The summed E-state index contributed by atoms with van der Waals surface area (Å²) < 4.78 is 11.7. The van der Waals surface area contributed by atoms with E-state index >= 15 is 0 Å². The van der Waals surface area contributed by atoms with Crippen molar-refractivity contribution in [2.24, 2.45) is 13.0 Å². The van der Waals surface area contributed by atoms with Gasteiger partial charge in [0.05, 0.1) is 7.11 Å². The normalized spacial score (nSPS) is 15.2. The van der Waals surface area contributed by atoms with Crippen LogP contribution in [0.1, 0.15) is 45.1 Å². The smallest absolute Gasteiger partial charge is 0.278 e. The molecule has 3 heterocycles. The first-order chi connectivity index (χ1) is 16.4. The van der Waals surface area contributed by atoms with E-state index in [0.717, 1.165) is 24.2 Å². The molecule has 1 saturated heterocycles. The minimum absolute atomic E-state index is 0.0608. The summed E-state index contributed by atoms with van der Waals surface area (Å²) in [6, 6.07) is 9.60. The molecule has 1 aromatic carbocycles. The summed E-state index contributed by atoms with van der Waals surface area (Å²) in [6.45, 7) is 2.87. The summed E-state index contributed by atoms with van der Waals surface area (Å²) in [4.78, 5) is 29.7. The van der Waals surface area contributed by atoms with Gasteiger partial charge in [0.1, 0.15) is 17.1 Å². The van der Waals surface area contributed by atoms with Gasteiger partial charge in [-0.05, 0) is 61.0 Å². The van der Waals surface area contributed by atoms with Crippen LogP contribution in [0.3, 0.4) is 0 Å². The second-order valence-corrected chi connectivity index (χ2v) is 8.74. The lowest BCUT2D eigenvalue weighted by Gasteiger charge is -2.39. The van der Waals surface area contributed by atoms with Gasteiger partial charge in [0, 0.05) is 39.4 Å². The highest BCUT2D eigenvalue weighted by Gasteiger charge is 2.34. The summed E-state index contributed by atoms with van der Waals surface area (Å²) in [6.07, 6.45) is 3.98. The predicted molar refractivity (Wildman–Crippen MR) is 123 cm³/mol. The van der Waals surface area contributed by atoms with Gasteiger partial charge >= 0.3 is 0 Å². The van der Waals surface area contributed by atoms with Crippen LogP contribution in [0.5, 0.6) is 5.75 Å². The molecule has 0 spiro atoms. The molecule has 1 fully saturated rings. The average Bonchev–Trinajstić information content (AvgIpc) is 3.49. The maximum Gasteiger partial charge on any atom is 0.278 e. The summed E-state index contributed by atoms with van der Waals surface area (Å²) >= 11 is 0. The standard InChI is InChI=1S/C24H30N6O4/c1-16-22(27-34-26-16)24(32)30-12-8-18(9-13-30)21(15-17-6-5-7-19(14-17)33-4)29(3)23(31)20-10-11-28(2)25-20/h5-7,10-11,14,18,21H,8-9,12-13,15H2,1-4H3/t21-/m1/s1. The van der Waals surface area contributed by atoms with Crippen molar-refractivity contribution in [3.63, 3.8) is 0 Å². The van der Waals surface area contributed by atoms with Gasteiger partial charge in [-0.1, -0.05) is 17.3 Å². The Labute approximate surface area is 198 Å². The number of rotatable bonds is 7. The zero-order valence-corrected chi connectivity index (χ0v) is 20.0. The molecule has 0 unspecified atom stereocenters. The molecule has 0 aliphatic carbocycles. The van der Waals surface area contributed by atoms with Crippen molar-refractivity contribution in [1.29, 1.82) is 0 Å². The third-order valence-corrected chi connectivity index (χ3v) is 6.56. The highest BCUT2D eigenvalue weighted by atomic mass is 16.6. The average molecular weight is 467 g/mol. The Balaban J connectivity index is 1.52. The molecule has 4 rings (SSSR count). The first kappa shape index (κ1) is 23.5. The van der Waals surface area contributed by atoms with Crippen molar-refractivity contribution >= 4 is 11.8 Å². The Morgan fingerprint density at radius 1 is 1.24 bits per heavy atom. The van der Waals surface area contributed by atoms with E-state index < -0.39 is 0 Å². The minimum Gasteiger partial charge on any atom is -0.497 e.